The van der Waals surface area contributed by atoms with Crippen LogP contribution < -0.4 is 21.3 Å². The maximum atomic E-state index is 14.3. The van der Waals surface area contributed by atoms with Gasteiger partial charge in [0.2, 0.25) is 5.60 Å². The van der Waals surface area contributed by atoms with Crippen LogP contribution >= 0.6 is 11.6 Å². The standard InChI is InChI=1S/C31H26ClF5N6O3/c1-29(2,13-38)43-12-16(11-39-43)15-7-20-25(26(41-27(20)44)19-9-17(33)3-5-22(19)32)23(8-15)40-28(45)42-14-30(46,31(35,36)37)21-10-18(34)4-6-24(21)42/h3-12,26,46H,13-14,38H2,1-2H3,(H,40,45)(H,41,44)/t26-,30-/m0/s1. The molecule has 6 rings (SSSR count). The molecular weight excluding hydrogens is 635 g/mol. The number of nitrogens with two attached hydrogens (primary N) is 1. The van der Waals surface area contributed by atoms with Gasteiger partial charge in [-0.05, 0) is 67.9 Å². The van der Waals surface area contributed by atoms with Crippen molar-refractivity contribution in [2.24, 2.45) is 5.73 Å². The Kier molecular flexibility index (Phi) is 7.37. The van der Waals surface area contributed by atoms with Crippen LogP contribution in [0.25, 0.3) is 11.1 Å². The van der Waals surface area contributed by atoms with E-state index in [4.69, 9.17) is 17.3 Å². The molecular formula is C31H26ClF5N6O3. The molecule has 240 valence electrons. The van der Waals surface area contributed by atoms with Crippen LogP contribution in [0.3, 0.4) is 0 Å². The zero-order valence-electron chi connectivity index (χ0n) is 24.2. The van der Waals surface area contributed by atoms with E-state index in [9.17, 15) is 36.6 Å². The highest BCUT2D eigenvalue weighted by atomic mass is 35.5. The van der Waals surface area contributed by atoms with Crippen LogP contribution in [0.5, 0.6) is 0 Å². The number of alkyl halides is 3. The van der Waals surface area contributed by atoms with Crippen molar-refractivity contribution in [3.63, 3.8) is 0 Å². The lowest BCUT2D eigenvalue weighted by molar-refractivity contribution is -0.258. The molecule has 1 aromatic heterocycles. The Balaban J connectivity index is 1.48. The summed E-state index contributed by atoms with van der Waals surface area (Å²) in [6.45, 7) is 2.71. The second-order valence-electron chi connectivity index (χ2n) is 11.8. The Labute approximate surface area is 263 Å². The average molecular weight is 661 g/mol. The predicted molar refractivity (Wildman–Crippen MR) is 159 cm³/mol. The number of urea groups is 1. The van der Waals surface area contributed by atoms with E-state index in [1.807, 2.05) is 13.8 Å². The number of anilines is 2. The van der Waals surface area contributed by atoms with E-state index in [1.165, 1.54) is 18.3 Å². The maximum Gasteiger partial charge on any atom is 0.423 e. The number of hydrogen-bond acceptors (Lipinski definition) is 5. The van der Waals surface area contributed by atoms with Gasteiger partial charge in [-0.2, -0.15) is 18.3 Å². The summed E-state index contributed by atoms with van der Waals surface area (Å²) >= 11 is 6.38. The van der Waals surface area contributed by atoms with Gasteiger partial charge >= 0.3 is 12.2 Å². The number of benzene rings is 3. The first kappa shape index (κ1) is 31.5. The maximum absolute atomic E-state index is 14.3. The molecule has 15 heteroatoms. The van der Waals surface area contributed by atoms with Crippen LogP contribution in [-0.4, -0.2) is 46.1 Å². The van der Waals surface area contributed by atoms with E-state index in [0.717, 1.165) is 24.3 Å². The van der Waals surface area contributed by atoms with Gasteiger partial charge in [-0.15, -0.1) is 0 Å². The van der Waals surface area contributed by atoms with Gasteiger partial charge < -0.3 is 21.5 Å². The molecule has 2 aliphatic rings. The summed E-state index contributed by atoms with van der Waals surface area (Å²) in [5.74, 6) is -2.26. The molecule has 0 aliphatic carbocycles. The van der Waals surface area contributed by atoms with Gasteiger partial charge in [0.1, 0.15) is 11.6 Å². The monoisotopic (exact) mass is 660 g/mol. The van der Waals surface area contributed by atoms with E-state index < -0.39 is 59.0 Å². The fourth-order valence-corrected chi connectivity index (χ4v) is 5.88. The van der Waals surface area contributed by atoms with Crippen molar-refractivity contribution in [1.82, 2.24) is 15.1 Å². The number of aliphatic hydroxyl groups is 1. The van der Waals surface area contributed by atoms with Crippen molar-refractivity contribution in [1.29, 1.82) is 0 Å². The number of amides is 3. The summed E-state index contributed by atoms with van der Waals surface area (Å²) in [5, 5.41) is 20.5. The first-order chi connectivity index (χ1) is 21.5. The quantitative estimate of drug-likeness (QED) is 0.201. The number of halogens is 6. The molecule has 0 spiro atoms. The fourth-order valence-electron chi connectivity index (χ4n) is 5.65. The van der Waals surface area contributed by atoms with Crippen LogP contribution in [-0.2, 0) is 11.1 Å². The van der Waals surface area contributed by atoms with Crippen molar-refractivity contribution >= 4 is 34.9 Å². The smallest absolute Gasteiger partial charge is 0.375 e. The molecule has 2 aliphatic heterocycles. The minimum atomic E-state index is -5.25. The van der Waals surface area contributed by atoms with Crippen LogP contribution in [0, 0.1) is 11.6 Å². The van der Waals surface area contributed by atoms with E-state index in [2.05, 4.69) is 15.7 Å². The minimum Gasteiger partial charge on any atom is -0.375 e. The zero-order chi connectivity index (χ0) is 33.3. The number of rotatable bonds is 5. The number of carbonyl (C=O) groups is 2. The summed E-state index contributed by atoms with van der Waals surface area (Å²) < 4.78 is 72.2. The summed E-state index contributed by atoms with van der Waals surface area (Å²) in [6, 6.07) is 6.77. The molecule has 0 bridgehead atoms. The summed E-state index contributed by atoms with van der Waals surface area (Å²) in [5.41, 5.74) is 1.91. The van der Waals surface area contributed by atoms with E-state index in [0.29, 0.717) is 22.1 Å². The summed E-state index contributed by atoms with van der Waals surface area (Å²) in [6.07, 6.45) is -2.05. The van der Waals surface area contributed by atoms with Crippen molar-refractivity contribution < 1.29 is 36.6 Å². The zero-order valence-corrected chi connectivity index (χ0v) is 25.0. The van der Waals surface area contributed by atoms with Gasteiger partial charge in [0.15, 0.2) is 0 Å². The molecule has 0 fully saturated rings. The van der Waals surface area contributed by atoms with Gasteiger partial charge in [0.25, 0.3) is 5.91 Å². The lowest BCUT2D eigenvalue weighted by Gasteiger charge is -2.27. The molecule has 3 heterocycles. The van der Waals surface area contributed by atoms with Crippen molar-refractivity contribution in [3.8, 4) is 11.1 Å². The molecule has 0 saturated heterocycles. The van der Waals surface area contributed by atoms with Gasteiger partial charge in [-0.1, -0.05) is 11.6 Å². The predicted octanol–water partition coefficient (Wildman–Crippen LogP) is 5.81. The molecule has 9 nitrogen and oxygen atoms in total. The highest BCUT2D eigenvalue weighted by Crippen LogP contribution is 2.49. The third-order valence-corrected chi connectivity index (χ3v) is 8.68. The van der Waals surface area contributed by atoms with E-state index in [-0.39, 0.29) is 39.6 Å². The van der Waals surface area contributed by atoms with Crippen molar-refractivity contribution in [2.45, 2.75) is 37.2 Å². The Hall–Kier alpha value is -4.53. The van der Waals surface area contributed by atoms with Gasteiger partial charge in [-0.3, -0.25) is 14.4 Å². The average Bonchev–Trinajstić information content (AvgIpc) is 3.70. The highest BCUT2D eigenvalue weighted by molar-refractivity contribution is 6.31. The second kappa shape index (κ2) is 10.8. The molecule has 5 N–H and O–H groups in total. The molecule has 0 radical (unpaired) electrons. The second-order valence-corrected chi connectivity index (χ2v) is 12.2. The van der Waals surface area contributed by atoms with Gasteiger partial charge in [-0.25, -0.2) is 13.6 Å². The summed E-state index contributed by atoms with van der Waals surface area (Å²) in [7, 11) is 0. The van der Waals surface area contributed by atoms with Crippen LogP contribution in [0.2, 0.25) is 5.02 Å². The normalized spacial score (nSPS) is 19.2. The number of nitrogens with one attached hydrogen (secondary N) is 2. The van der Waals surface area contributed by atoms with Gasteiger partial charge in [0, 0.05) is 51.3 Å². The topological polar surface area (TPSA) is 126 Å². The lowest BCUT2D eigenvalue weighted by atomic mass is 9.93. The fraction of sp³-hybridized carbons (Fsp3) is 0.258. The van der Waals surface area contributed by atoms with Gasteiger partial charge in [0.05, 0.1) is 30.0 Å². The number of carbonyl (C=O) groups excluding carboxylic acids is 2. The first-order valence-corrected chi connectivity index (χ1v) is 14.3. The SMILES string of the molecule is CC(C)(CN)n1cc(-c2cc(NC(=O)N3C[C@@](O)(C(F)(F)F)c4cc(F)ccc43)c3c(c2)C(=O)N[C@H]3c2cc(F)ccc2Cl)cn1. The highest BCUT2D eigenvalue weighted by Gasteiger charge is 2.61. The largest absolute Gasteiger partial charge is 0.423 e. The number of aromatic nitrogens is 2. The summed E-state index contributed by atoms with van der Waals surface area (Å²) in [4.78, 5) is 27.7. The third kappa shape index (κ3) is 5.06. The number of nitrogens with zero attached hydrogens (tertiary/aromatic N) is 3. The molecule has 3 amide bonds. The van der Waals surface area contributed by atoms with Crippen LogP contribution in [0.1, 0.15) is 46.9 Å². The first-order valence-electron chi connectivity index (χ1n) is 13.9. The number of fused-ring (bicyclic) bond motifs is 2. The van der Waals surface area contributed by atoms with E-state index >= 15 is 0 Å². The Bertz CT molecular complexity index is 1910. The molecule has 4 aromatic rings. The van der Waals surface area contributed by atoms with Crippen molar-refractivity contribution in [2.75, 3.05) is 23.3 Å². The van der Waals surface area contributed by atoms with Crippen LogP contribution in [0.15, 0.2) is 60.9 Å². The molecule has 2 atom stereocenters. The lowest BCUT2D eigenvalue weighted by Crippen LogP contribution is -2.48. The Morgan fingerprint density at radius 3 is 2.52 bits per heavy atom. The Morgan fingerprint density at radius 1 is 1.13 bits per heavy atom. The van der Waals surface area contributed by atoms with Crippen molar-refractivity contribution in [3.05, 3.63) is 99.8 Å². The van der Waals surface area contributed by atoms with E-state index in [1.54, 1.807) is 16.9 Å². The third-order valence-electron chi connectivity index (χ3n) is 8.33. The number of hydrogen-bond donors (Lipinski definition) is 4. The molecule has 3 aromatic carbocycles. The molecule has 0 saturated carbocycles. The molecule has 46 heavy (non-hydrogen) atoms. The molecule has 0 unspecified atom stereocenters. The van der Waals surface area contributed by atoms with Crippen LogP contribution in [0.4, 0.5) is 38.1 Å². The number of β-amino-alcohol motifs (C(OH)–C–C–N with tert-alkyl or cyclic N) is 1. The Morgan fingerprint density at radius 2 is 1.83 bits per heavy atom. The minimum absolute atomic E-state index is 0.0156.